The third-order valence-corrected chi connectivity index (χ3v) is 8.67. The van der Waals surface area contributed by atoms with Crippen molar-refractivity contribution < 1.29 is 30.0 Å². The molecule has 1 atom stereocenters. The predicted molar refractivity (Wildman–Crippen MR) is 198 cm³/mol. The van der Waals surface area contributed by atoms with E-state index in [2.05, 4.69) is 13.8 Å². The molecule has 46 heavy (non-hydrogen) atoms. The number of unbranched alkanes of at least 4 members (excludes halogenated alkanes) is 28. The van der Waals surface area contributed by atoms with Crippen LogP contribution in [0.5, 0.6) is 0 Å². The second kappa shape index (κ2) is 46.0. The molecule has 0 rings (SSSR count). The quantitative estimate of drug-likeness (QED) is 0.0511. The number of aliphatic hydroxyl groups is 2. The minimum atomic E-state index is -0.653. The monoisotopic (exact) mass is 659 g/mol. The van der Waals surface area contributed by atoms with E-state index in [0.717, 1.165) is 25.7 Å². The summed E-state index contributed by atoms with van der Waals surface area (Å²) < 4.78 is 0. The third-order valence-electron chi connectivity index (χ3n) is 8.67. The molecule has 0 aliphatic carbocycles. The van der Waals surface area contributed by atoms with Crippen molar-refractivity contribution in [3.63, 3.8) is 0 Å². The van der Waals surface area contributed by atoms with Gasteiger partial charge in [-0.05, 0) is 19.3 Å². The van der Waals surface area contributed by atoms with Gasteiger partial charge in [-0.1, -0.05) is 201 Å². The Morgan fingerprint density at radius 2 is 0.587 bits per heavy atom. The van der Waals surface area contributed by atoms with E-state index in [1.165, 1.54) is 167 Å². The second-order valence-electron chi connectivity index (χ2n) is 13.4. The van der Waals surface area contributed by atoms with Crippen molar-refractivity contribution in [3.05, 3.63) is 0 Å². The summed E-state index contributed by atoms with van der Waals surface area (Å²) in [6.07, 6.45) is 40.5. The van der Waals surface area contributed by atoms with Crippen molar-refractivity contribution in [1.29, 1.82) is 0 Å². The van der Waals surface area contributed by atoms with E-state index >= 15 is 0 Å². The lowest BCUT2D eigenvalue weighted by Gasteiger charge is -2.03. The van der Waals surface area contributed by atoms with E-state index in [0.29, 0.717) is 19.3 Å². The SMILES string of the molecule is CCC(O)CO.CCCCCCCCCCCCCCCCCC(=O)O.CCCCCCCCCCCCCCCCCC(=O)O. The maximum atomic E-state index is 10.3. The summed E-state index contributed by atoms with van der Waals surface area (Å²) in [4.78, 5) is 20.7. The molecule has 0 aliphatic rings. The van der Waals surface area contributed by atoms with E-state index in [1.807, 2.05) is 6.92 Å². The Hall–Kier alpha value is -1.14. The molecule has 0 aromatic rings. The summed E-state index contributed by atoms with van der Waals surface area (Å²) in [5, 5.41) is 33.5. The molecule has 0 fully saturated rings. The van der Waals surface area contributed by atoms with Gasteiger partial charge in [0.15, 0.2) is 0 Å². The van der Waals surface area contributed by atoms with Crippen LogP contribution in [0.2, 0.25) is 0 Å². The Balaban J connectivity index is -0.000000682. The summed E-state index contributed by atoms with van der Waals surface area (Å²) in [5.41, 5.74) is 0. The van der Waals surface area contributed by atoms with Crippen LogP contribution in [0.4, 0.5) is 0 Å². The summed E-state index contributed by atoms with van der Waals surface area (Å²) in [6, 6.07) is 0. The second-order valence-corrected chi connectivity index (χ2v) is 13.4. The van der Waals surface area contributed by atoms with Crippen LogP contribution in [0.25, 0.3) is 0 Å². The van der Waals surface area contributed by atoms with E-state index in [1.54, 1.807) is 0 Å². The molecule has 278 valence electrons. The average molecular weight is 659 g/mol. The first-order valence-corrected chi connectivity index (χ1v) is 20.1. The Morgan fingerprint density at radius 1 is 0.391 bits per heavy atom. The molecule has 0 bridgehead atoms. The molecule has 0 saturated heterocycles. The number of hydrogen-bond acceptors (Lipinski definition) is 4. The van der Waals surface area contributed by atoms with Crippen molar-refractivity contribution >= 4 is 11.9 Å². The van der Waals surface area contributed by atoms with Crippen molar-refractivity contribution in [2.24, 2.45) is 0 Å². The zero-order valence-corrected chi connectivity index (χ0v) is 31.2. The van der Waals surface area contributed by atoms with Crippen LogP contribution < -0.4 is 0 Å². The molecule has 0 spiro atoms. The molecule has 0 saturated carbocycles. The first-order chi connectivity index (χ1) is 22.3. The van der Waals surface area contributed by atoms with Crippen LogP contribution in [0, 0.1) is 0 Å². The number of rotatable bonds is 34. The Kier molecular flexibility index (Phi) is 49.2. The summed E-state index contributed by atoms with van der Waals surface area (Å²) in [5.74, 6) is -1.31. The van der Waals surface area contributed by atoms with Gasteiger partial charge in [-0.3, -0.25) is 9.59 Å². The maximum absolute atomic E-state index is 10.3. The Bertz CT molecular complexity index is 520. The van der Waals surface area contributed by atoms with Gasteiger partial charge in [-0.2, -0.15) is 0 Å². The highest BCUT2D eigenvalue weighted by atomic mass is 16.4. The lowest BCUT2D eigenvalue weighted by molar-refractivity contribution is -0.138. The van der Waals surface area contributed by atoms with E-state index in [-0.39, 0.29) is 6.61 Å². The highest BCUT2D eigenvalue weighted by Crippen LogP contribution is 2.15. The van der Waals surface area contributed by atoms with Gasteiger partial charge < -0.3 is 20.4 Å². The number of aliphatic hydroxyl groups excluding tert-OH is 2. The summed E-state index contributed by atoms with van der Waals surface area (Å²) >= 11 is 0. The Labute approximate surface area is 286 Å². The lowest BCUT2D eigenvalue weighted by atomic mass is 10.0. The van der Waals surface area contributed by atoms with Gasteiger partial charge in [-0.25, -0.2) is 0 Å². The molecule has 6 heteroatoms. The highest BCUT2D eigenvalue weighted by Gasteiger charge is 1.98. The molecule has 0 heterocycles. The number of carbonyl (C=O) groups is 2. The summed E-state index contributed by atoms with van der Waals surface area (Å²) in [6.45, 7) is 6.25. The van der Waals surface area contributed by atoms with Gasteiger partial charge in [-0.15, -0.1) is 0 Å². The van der Waals surface area contributed by atoms with Crippen LogP contribution in [-0.2, 0) is 9.59 Å². The topological polar surface area (TPSA) is 115 Å². The van der Waals surface area contributed by atoms with Crippen LogP contribution in [0.3, 0.4) is 0 Å². The highest BCUT2D eigenvalue weighted by molar-refractivity contribution is 5.66. The lowest BCUT2D eigenvalue weighted by Crippen LogP contribution is -2.08. The molecule has 1 unspecified atom stereocenters. The fourth-order valence-electron chi connectivity index (χ4n) is 5.42. The minimum Gasteiger partial charge on any atom is -0.481 e. The van der Waals surface area contributed by atoms with E-state index in [9.17, 15) is 9.59 Å². The molecular weight excluding hydrogens is 576 g/mol. The number of carboxylic acid groups (broad SMARTS) is 2. The zero-order valence-electron chi connectivity index (χ0n) is 31.2. The molecule has 0 aromatic heterocycles. The van der Waals surface area contributed by atoms with Gasteiger partial charge in [0, 0.05) is 12.8 Å². The fourth-order valence-corrected chi connectivity index (χ4v) is 5.42. The predicted octanol–water partition coefficient (Wildman–Crippen LogP) is 12.4. The normalized spacial score (nSPS) is 11.3. The smallest absolute Gasteiger partial charge is 0.303 e. The molecule has 0 aromatic carbocycles. The maximum Gasteiger partial charge on any atom is 0.303 e. The molecule has 0 amide bonds. The van der Waals surface area contributed by atoms with Gasteiger partial charge in [0.2, 0.25) is 0 Å². The number of hydrogen-bond donors (Lipinski definition) is 4. The first-order valence-electron chi connectivity index (χ1n) is 20.1. The van der Waals surface area contributed by atoms with Crippen LogP contribution in [0.15, 0.2) is 0 Å². The standard InChI is InChI=1S/2C18H36O2.C4H10O2/c2*1-2-3-4-5-6-7-8-9-10-11-12-13-14-15-16-17-18(19)20;1-2-4(6)3-5/h2*2-17H2,1H3,(H,19,20);4-6H,2-3H2,1H3. The van der Waals surface area contributed by atoms with Gasteiger partial charge in [0.25, 0.3) is 0 Å². The Morgan fingerprint density at radius 3 is 0.717 bits per heavy atom. The molecule has 0 radical (unpaired) electrons. The largest absolute Gasteiger partial charge is 0.481 e. The van der Waals surface area contributed by atoms with E-state index in [4.69, 9.17) is 20.4 Å². The summed E-state index contributed by atoms with van der Waals surface area (Å²) in [7, 11) is 0. The van der Waals surface area contributed by atoms with Crippen molar-refractivity contribution in [3.8, 4) is 0 Å². The molecule has 4 N–H and O–H groups in total. The van der Waals surface area contributed by atoms with E-state index < -0.39 is 18.0 Å². The first kappa shape index (κ1) is 49.2. The number of aliphatic carboxylic acids is 2. The molecule has 6 nitrogen and oxygen atoms in total. The zero-order chi connectivity index (χ0) is 34.8. The van der Waals surface area contributed by atoms with Gasteiger partial charge in [0.05, 0.1) is 12.7 Å². The van der Waals surface area contributed by atoms with Gasteiger partial charge in [0.1, 0.15) is 0 Å². The van der Waals surface area contributed by atoms with Gasteiger partial charge >= 0.3 is 11.9 Å². The average Bonchev–Trinajstić information content (AvgIpc) is 3.04. The molecule has 0 aliphatic heterocycles. The van der Waals surface area contributed by atoms with Crippen molar-refractivity contribution in [2.75, 3.05) is 6.61 Å². The van der Waals surface area contributed by atoms with Crippen molar-refractivity contribution in [1.82, 2.24) is 0 Å². The molecular formula is C40H82O6. The third kappa shape index (κ3) is 55.3. The fraction of sp³-hybridized carbons (Fsp3) is 0.950. The minimum absolute atomic E-state index is 0.115. The number of carboxylic acids is 2. The van der Waals surface area contributed by atoms with Crippen LogP contribution in [0.1, 0.15) is 233 Å². The van der Waals surface area contributed by atoms with Crippen LogP contribution >= 0.6 is 0 Å². The van der Waals surface area contributed by atoms with Crippen molar-refractivity contribution in [2.45, 2.75) is 239 Å². The van der Waals surface area contributed by atoms with Crippen LogP contribution in [-0.4, -0.2) is 45.1 Å².